The van der Waals surface area contributed by atoms with Gasteiger partial charge in [-0.3, -0.25) is 4.79 Å². The first-order valence-electron chi connectivity index (χ1n) is 5.12. The maximum absolute atomic E-state index is 11.4. The number of aliphatic hydroxyl groups is 1. The minimum Gasteiger partial charge on any atom is -0.496 e. The number of Topliss-reactive ketones (excluding diaryl/α,β-unsaturated/α-hetero) is 1. The van der Waals surface area contributed by atoms with Crippen molar-refractivity contribution in [3.63, 3.8) is 0 Å². The Morgan fingerprint density at radius 1 is 1.39 bits per heavy atom. The third kappa shape index (κ3) is 2.88. The Morgan fingerprint density at radius 3 is 2.44 bits per heavy atom. The van der Waals surface area contributed by atoms with E-state index in [1.807, 2.05) is 0 Å². The zero-order valence-electron chi connectivity index (χ0n) is 9.88. The third-order valence-electron chi connectivity index (χ3n) is 2.46. The van der Waals surface area contributed by atoms with Crippen molar-refractivity contribution in [2.75, 3.05) is 7.11 Å². The van der Waals surface area contributed by atoms with Crippen molar-refractivity contribution in [2.45, 2.75) is 17.9 Å². The number of alkyl halides is 1. The summed E-state index contributed by atoms with van der Waals surface area (Å²) in [6.07, 6.45) is -1.70. The van der Waals surface area contributed by atoms with Gasteiger partial charge in [0.1, 0.15) is 16.4 Å². The molecule has 0 amide bonds. The van der Waals surface area contributed by atoms with Crippen LogP contribution in [-0.2, 0) is 9.59 Å². The quantitative estimate of drug-likeness (QED) is 0.810. The zero-order valence-corrected chi connectivity index (χ0v) is 11.5. The molecule has 0 spiro atoms. The number of carboxylic acids is 1. The molecule has 0 saturated carbocycles. The molecule has 1 rings (SSSR count). The molecule has 0 saturated heterocycles. The Morgan fingerprint density at radius 2 is 2.00 bits per heavy atom. The van der Waals surface area contributed by atoms with Gasteiger partial charge in [0.15, 0.2) is 6.10 Å². The molecule has 0 radical (unpaired) electrons. The van der Waals surface area contributed by atoms with Crippen molar-refractivity contribution >= 4 is 27.7 Å². The maximum atomic E-state index is 11.4. The largest absolute Gasteiger partial charge is 0.496 e. The van der Waals surface area contributed by atoms with Crippen LogP contribution in [0.4, 0.5) is 0 Å². The molecule has 0 aliphatic carbocycles. The highest BCUT2D eigenvalue weighted by molar-refractivity contribution is 9.09. The second-order valence-corrected chi connectivity index (χ2v) is 4.59. The molecule has 0 fully saturated rings. The Balaban J connectivity index is 3.42. The molecule has 1 aromatic carbocycles. The van der Waals surface area contributed by atoms with E-state index in [0.29, 0.717) is 11.3 Å². The smallest absolute Gasteiger partial charge is 0.337 e. The van der Waals surface area contributed by atoms with Crippen LogP contribution in [0.1, 0.15) is 29.0 Å². The van der Waals surface area contributed by atoms with E-state index in [1.165, 1.54) is 20.1 Å². The van der Waals surface area contributed by atoms with Crippen LogP contribution in [0.25, 0.3) is 0 Å². The topological polar surface area (TPSA) is 83.8 Å². The van der Waals surface area contributed by atoms with Crippen LogP contribution in [0.3, 0.4) is 0 Å². The van der Waals surface area contributed by atoms with Crippen LogP contribution in [0.5, 0.6) is 5.75 Å². The van der Waals surface area contributed by atoms with Gasteiger partial charge >= 0.3 is 5.97 Å². The van der Waals surface area contributed by atoms with E-state index in [0.717, 1.165) is 0 Å². The number of ether oxygens (including phenoxy) is 1. The number of halogens is 1. The lowest BCUT2D eigenvalue weighted by molar-refractivity contribution is -0.147. The van der Waals surface area contributed by atoms with Gasteiger partial charge < -0.3 is 14.9 Å². The van der Waals surface area contributed by atoms with Gasteiger partial charge in [-0.25, -0.2) is 4.79 Å². The minimum absolute atomic E-state index is 0.138. The van der Waals surface area contributed by atoms with Crippen molar-refractivity contribution in [2.24, 2.45) is 0 Å². The maximum Gasteiger partial charge on any atom is 0.337 e. The third-order valence-corrected chi connectivity index (χ3v) is 3.56. The van der Waals surface area contributed by atoms with E-state index in [4.69, 9.17) is 9.84 Å². The molecule has 1 aromatic rings. The van der Waals surface area contributed by atoms with E-state index >= 15 is 0 Å². The summed E-state index contributed by atoms with van der Waals surface area (Å²) >= 11 is 3.18. The van der Waals surface area contributed by atoms with Crippen LogP contribution in [-0.4, -0.2) is 29.1 Å². The molecule has 98 valence electrons. The number of ketones is 1. The number of rotatable bonds is 5. The van der Waals surface area contributed by atoms with Gasteiger partial charge in [-0.15, -0.1) is 0 Å². The van der Waals surface area contributed by atoms with Gasteiger partial charge in [0.25, 0.3) is 0 Å². The van der Waals surface area contributed by atoms with Crippen molar-refractivity contribution < 1.29 is 24.5 Å². The Kier molecular flexibility index (Phi) is 4.86. The predicted octanol–water partition coefficient (Wildman–Crippen LogP) is 1.84. The first kappa shape index (κ1) is 14.7. The Bertz CT molecular complexity index is 472. The summed E-state index contributed by atoms with van der Waals surface area (Å²) < 4.78 is 5.10. The van der Waals surface area contributed by atoms with Gasteiger partial charge in [0.05, 0.1) is 7.11 Å². The summed E-state index contributed by atoms with van der Waals surface area (Å²) in [6.45, 7) is 1.36. The summed E-state index contributed by atoms with van der Waals surface area (Å²) in [5.41, 5.74) is 0.473. The van der Waals surface area contributed by atoms with E-state index in [-0.39, 0.29) is 11.3 Å². The van der Waals surface area contributed by atoms with E-state index in [1.54, 1.807) is 12.1 Å². The van der Waals surface area contributed by atoms with Crippen LogP contribution in [0.2, 0.25) is 0 Å². The predicted molar refractivity (Wildman–Crippen MR) is 67.9 cm³/mol. The van der Waals surface area contributed by atoms with E-state index < -0.39 is 16.9 Å². The monoisotopic (exact) mass is 316 g/mol. The summed E-state index contributed by atoms with van der Waals surface area (Å²) in [4.78, 5) is 21.6. The fourth-order valence-corrected chi connectivity index (χ4v) is 2.07. The second-order valence-electron chi connectivity index (χ2n) is 3.68. The van der Waals surface area contributed by atoms with Crippen molar-refractivity contribution in [1.29, 1.82) is 0 Å². The number of carbonyl (C=O) groups is 2. The van der Waals surface area contributed by atoms with E-state index in [9.17, 15) is 14.7 Å². The van der Waals surface area contributed by atoms with Gasteiger partial charge in [0, 0.05) is 11.1 Å². The number of hydrogen-bond acceptors (Lipinski definition) is 4. The Labute approximate surface area is 113 Å². The zero-order chi connectivity index (χ0) is 13.9. The SMILES string of the molecule is COc1cccc(C(O)C(=O)O)c1C(Br)C(C)=O. The molecule has 2 N–H and O–H groups in total. The molecule has 0 aliphatic rings. The van der Waals surface area contributed by atoms with Crippen LogP contribution < -0.4 is 4.74 Å². The molecule has 0 aromatic heterocycles. The molecule has 0 heterocycles. The van der Waals surface area contributed by atoms with Crippen LogP contribution in [0.15, 0.2) is 18.2 Å². The minimum atomic E-state index is -1.70. The van der Waals surface area contributed by atoms with Gasteiger partial charge in [-0.1, -0.05) is 28.1 Å². The Hall–Kier alpha value is -1.40. The number of aliphatic hydroxyl groups excluding tert-OH is 1. The van der Waals surface area contributed by atoms with Gasteiger partial charge in [0.2, 0.25) is 0 Å². The summed E-state index contributed by atoms with van der Waals surface area (Å²) in [5, 5.41) is 18.5. The lowest BCUT2D eigenvalue weighted by Gasteiger charge is -2.18. The molecule has 5 nitrogen and oxygen atoms in total. The highest BCUT2D eigenvalue weighted by atomic mass is 79.9. The first-order chi connectivity index (χ1) is 8.40. The average Bonchev–Trinajstić information content (AvgIpc) is 2.35. The molecule has 0 aliphatic heterocycles. The number of aliphatic carboxylic acids is 1. The fraction of sp³-hybridized carbons (Fsp3) is 0.333. The average molecular weight is 317 g/mol. The van der Waals surface area contributed by atoms with Crippen LogP contribution >= 0.6 is 15.9 Å². The number of benzene rings is 1. The lowest BCUT2D eigenvalue weighted by Crippen LogP contribution is -2.15. The standard InChI is InChI=1S/C12H13BrO5/c1-6(14)10(13)9-7(11(15)12(16)17)4-3-5-8(9)18-2/h3-5,10-11,15H,1-2H3,(H,16,17). The normalized spacial score (nSPS) is 13.8. The van der Waals surface area contributed by atoms with Crippen LogP contribution in [0, 0.1) is 0 Å². The number of carboxylic acid groups (broad SMARTS) is 1. The summed E-state index contributed by atoms with van der Waals surface area (Å²) in [7, 11) is 1.41. The molecule has 2 unspecified atom stereocenters. The molecule has 6 heteroatoms. The molecule has 2 atom stereocenters. The fourth-order valence-electron chi connectivity index (χ4n) is 1.58. The van der Waals surface area contributed by atoms with E-state index in [2.05, 4.69) is 15.9 Å². The van der Waals surface area contributed by atoms with Crippen molar-refractivity contribution in [1.82, 2.24) is 0 Å². The molecule has 0 bridgehead atoms. The highest BCUT2D eigenvalue weighted by Crippen LogP contribution is 2.37. The lowest BCUT2D eigenvalue weighted by atomic mass is 9.97. The molecular weight excluding hydrogens is 304 g/mol. The number of methoxy groups -OCH3 is 1. The van der Waals surface area contributed by atoms with Gasteiger partial charge in [-0.2, -0.15) is 0 Å². The van der Waals surface area contributed by atoms with Crippen molar-refractivity contribution in [3.05, 3.63) is 29.3 Å². The van der Waals surface area contributed by atoms with Gasteiger partial charge in [-0.05, 0) is 13.0 Å². The number of carbonyl (C=O) groups excluding carboxylic acids is 1. The summed E-state index contributed by atoms with van der Waals surface area (Å²) in [5.74, 6) is -1.24. The highest BCUT2D eigenvalue weighted by Gasteiger charge is 2.27. The number of hydrogen-bond donors (Lipinski definition) is 2. The molecular formula is C12H13BrO5. The van der Waals surface area contributed by atoms with Crippen molar-refractivity contribution in [3.8, 4) is 5.75 Å². The first-order valence-corrected chi connectivity index (χ1v) is 6.04. The molecule has 18 heavy (non-hydrogen) atoms. The summed E-state index contributed by atoms with van der Waals surface area (Å²) in [6, 6.07) is 4.61. The second kappa shape index (κ2) is 5.97.